The SMILES string of the molecule is Cc1nc(Oc2cc(C#N)ccc2-c2ncc(CCN)cn2)cc(N2CCCC2)n1. The number of rotatable bonds is 6. The van der Waals surface area contributed by atoms with E-state index in [1.807, 2.05) is 13.0 Å². The highest BCUT2D eigenvalue weighted by Gasteiger charge is 2.17. The van der Waals surface area contributed by atoms with Gasteiger partial charge in [0.1, 0.15) is 17.4 Å². The first-order chi connectivity index (χ1) is 14.7. The summed E-state index contributed by atoms with van der Waals surface area (Å²) in [6.07, 6.45) is 6.56. The Hall–Kier alpha value is -3.57. The second kappa shape index (κ2) is 8.84. The third kappa shape index (κ3) is 4.36. The molecule has 0 unspecified atom stereocenters. The molecule has 1 aliphatic heterocycles. The summed E-state index contributed by atoms with van der Waals surface area (Å²) in [5.41, 5.74) is 7.74. The second-order valence-electron chi connectivity index (χ2n) is 7.18. The zero-order chi connectivity index (χ0) is 20.9. The van der Waals surface area contributed by atoms with Crippen LogP contribution in [0.25, 0.3) is 11.4 Å². The maximum Gasteiger partial charge on any atom is 0.224 e. The summed E-state index contributed by atoms with van der Waals surface area (Å²) in [5, 5.41) is 9.34. The van der Waals surface area contributed by atoms with E-state index < -0.39 is 0 Å². The van der Waals surface area contributed by atoms with Crippen molar-refractivity contribution in [2.75, 3.05) is 24.5 Å². The summed E-state index contributed by atoms with van der Waals surface area (Å²) in [5.74, 6) is 2.91. The van der Waals surface area contributed by atoms with Crippen LogP contribution in [0.3, 0.4) is 0 Å². The van der Waals surface area contributed by atoms with Crippen LogP contribution in [0.2, 0.25) is 0 Å². The van der Waals surface area contributed by atoms with Crippen molar-refractivity contribution in [2.45, 2.75) is 26.2 Å². The van der Waals surface area contributed by atoms with Crippen LogP contribution in [0, 0.1) is 18.3 Å². The molecule has 1 fully saturated rings. The number of nitrogens with zero attached hydrogens (tertiary/aromatic N) is 6. The molecule has 1 saturated heterocycles. The van der Waals surface area contributed by atoms with Crippen LogP contribution >= 0.6 is 0 Å². The highest BCUT2D eigenvalue weighted by atomic mass is 16.5. The van der Waals surface area contributed by atoms with Crippen molar-refractivity contribution < 1.29 is 4.74 Å². The van der Waals surface area contributed by atoms with Crippen molar-refractivity contribution >= 4 is 5.82 Å². The Morgan fingerprint density at radius 1 is 1.13 bits per heavy atom. The van der Waals surface area contributed by atoms with E-state index in [1.165, 1.54) is 0 Å². The molecular weight excluding hydrogens is 378 g/mol. The van der Waals surface area contributed by atoms with E-state index in [0.717, 1.165) is 43.7 Å². The average molecular weight is 401 g/mol. The van der Waals surface area contributed by atoms with E-state index in [0.29, 0.717) is 40.9 Å². The summed E-state index contributed by atoms with van der Waals surface area (Å²) in [6.45, 7) is 4.35. The largest absolute Gasteiger partial charge is 0.438 e. The Balaban J connectivity index is 1.69. The number of hydrogen-bond acceptors (Lipinski definition) is 8. The summed E-state index contributed by atoms with van der Waals surface area (Å²) in [6, 6.07) is 9.18. The van der Waals surface area contributed by atoms with Crippen LogP contribution in [-0.2, 0) is 6.42 Å². The fourth-order valence-electron chi connectivity index (χ4n) is 3.45. The smallest absolute Gasteiger partial charge is 0.224 e. The molecule has 0 amide bonds. The van der Waals surface area contributed by atoms with Gasteiger partial charge in [0.05, 0.1) is 17.2 Å². The van der Waals surface area contributed by atoms with Crippen molar-refractivity contribution in [2.24, 2.45) is 5.73 Å². The zero-order valence-electron chi connectivity index (χ0n) is 16.9. The molecule has 152 valence electrons. The van der Waals surface area contributed by atoms with Gasteiger partial charge in [-0.3, -0.25) is 0 Å². The van der Waals surface area contributed by atoms with Gasteiger partial charge in [0.15, 0.2) is 5.82 Å². The average Bonchev–Trinajstić information content (AvgIpc) is 3.29. The van der Waals surface area contributed by atoms with Crippen molar-refractivity contribution in [1.82, 2.24) is 19.9 Å². The number of aryl methyl sites for hydroxylation is 1. The maximum absolute atomic E-state index is 9.34. The molecule has 1 aliphatic rings. The van der Waals surface area contributed by atoms with E-state index >= 15 is 0 Å². The Labute approximate surface area is 175 Å². The number of benzene rings is 1. The topological polar surface area (TPSA) is 114 Å². The van der Waals surface area contributed by atoms with Crippen molar-refractivity contribution in [1.29, 1.82) is 5.26 Å². The van der Waals surface area contributed by atoms with Gasteiger partial charge in [0.25, 0.3) is 0 Å². The van der Waals surface area contributed by atoms with E-state index in [-0.39, 0.29) is 0 Å². The Bertz CT molecular complexity index is 1070. The van der Waals surface area contributed by atoms with Gasteiger partial charge in [-0.25, -0.2) is 15.0 Å². The third-order valence-electron chi connectivity index (χ3n) is 4.94. The van der Waals surface area contributed by atoms with Crippen LogP contribution in [0.1, 0.15) is 29.8 Å². The summed E-state index contributed by atoms with van der Waals surface area (Å²) >= 11 is 0. The Morgan fingerprint density at radius 3 is 2.60 bits per heavy atom. The van der Waals surface area contributed by atoms with E-state index in [9.17, 15) is 5.26 Å². The number of hydrogen-bond donors (Lipinski definition) is 1. The van der Waals surface area contributed by atoms with Gasteiger partial charge < -0.3 is 15.4 Å². The second-order valence-corrected chi connectivity index (χ2v) is 7.18. The van der Waals surface area contributed by atoms with E-state index in [1.54, 1.807) is 30.6 Å². The van der Waals surface area contributed by atoms with Crippen molar-refractivity contribution in [3.05, 3.63) is 53.6 Å². The van der Waals surface area contributed by atoms with Crippen molar-refractivity contribution in [3.8, 4) is 29.1 Å². The molecular formula is C22H23N7O. The molecule has 8 heteroatoms. The van der Waals surface area contributed by atoms with Gasteiger partial charge in [-0.2, -0.15) is 10.2 Å². The van der Waals surface area contributed by atoms with Crippen LogP contribution in [0.4, 0.5) is 5.82 Å². The minimum Gasteiger partial charge on any atom is -0.438 e. The lowest BCUT2D eigenvalue weighted by atomic mass is 10.1. The van der Waals surface area contributed by atoms with E-state index in [2.05, 4.69) is 30.9 Å². The number of ether oxygens (including phenoxy) is 1. The molecule has 0 aliphatic carbocycles. The van der Waals surface area contributed by atoms with Gasteiger partial charge in [0, 0.05) is 31.5 Å². The highest BCUT2D eigenvalue weighted by Crippen LogP contribution is 2.33. The molecule has 0 saturated carbocycles. The molecule has 0 atom stereocenters. The van der Waals surface area contributed by atoms with Crippen LogP contribution in [-0.4, -0.2) is 39.6 Å². The number of nitrogens with two attached hydrogens (primary N) is 1. The third-order valence-corrected chi connectivity index (χ3v) is 4.94. The fraction of sp³-hybridized carbons (Fsp3) is 0.318. The van der Waals surface area contributed by atoms with Gasteiger partial charge in [-0.15, -0.1) is 0 Å². The molecule has 2 N–H and O–H groups in total. The van der Waals surface area contributed by atoms with Gasteiger partial charge in [0.2, 0.25) is 5.88 Å². The number of nitriles is 1. The zero-order valence-corrected chi connectivity index (χ0v) is 16.9. The molecule has 30 heavy (non-hydrogen) atoms. The predicted molar refractivity (Wildman–Crippen MR) is 113 cm³/mol. The molecule has 0 radical (unpaired) electrons. The molecule has 3 aromatic rings. The minimum absolute atomic E-state index is 0.431. The first-order valence-corrected chi connectivity index (χ1v) is 10.0. The minimum atomic E-state index is 0.431. The van der Waals surface area contributed by atoms with Crippen LogP contribution in [0.15, 0.2) is 36.7 Å². The standard InChI is InChI=1S/C22H23N7O/c1-15-27-20(29-8-2-3-9-29)11-21(28-15)30-19-10-16(12-24)4-5-18(19)22-25-13-17(6-7-23)14-26-22/h4-5,10-11,13-14H,2-3,6-9,23H2,1H3. The lowest BCUT2D eigenvalue weighted by Gasteiger charge is -2.18. The first kappa shape index (κ1) is 19.7. The van der Waals surface area contributed by atoms with Crippen molar-refractivity contribution in [3.63, 3.8) is 0 Å². The molecule has 0 spiro atoms. The molecule has 8 nitrogen and oxygen atoms in total. The molecule has 2 aromatic heterocycles. The normalized spacial score (nSPS) is 13.3. The number of anilines is 1. The summed E-state index contributed by atoms with van der Waals surface area (Å²) in [4.78, 5) is 20.1. The molecule has 0 bridgehead atoms. The van der Waals surface area contributed by atoms with Gasteiger partial charge >= 0.3 is 0 Å². The predicted octanol–water partition coefficient (Wildman–Crippen LogP) is 3.01. The first-order valence-electron chi connectivity index (χ1n) is 10.0. The molecule has 3 heterocycles. The lowest BCUT2D eigenvalue weighted by Crippen LogP contribution is -2.19. The lowest BCUT2D eigenvalue weighted by molar-refractivity contribution is 0.461. The van der Waals surface area contributed by atoms with Crippen LogP contribution < -0.4 is 15.4 Å². The quantitative estimate of drug-likeness (QED) is 0.670. The van der Waals surface area contributed by atoms with Gasteiger partial charge in [-0.05, 0) is 56.5 Å². The molecule has 4 rings (SSSR count). The Morgan fingerprint density at radius 2 is 1.90 bits per heavy atom. The number of aromatic nitrogens is 4. The fourth-order valence-corrected chi connectivity index (χ4v) is 3.45. The summed E-state index contributed by atoms with van der Waals surface area (Å²) in [7, 11) is 0. The Kier molecular flexibility index (Phi) is 5.82. The van der Waals surface area contributed by atoms with E-state index in [4.69, 9.17) is 10.5 Å². The van der Waals surface area contributed by atoms with Gasteiger partial charge in [-0.1, -0.05) is 0 Å². The maximum atomic E-state index is 9.34. The van der Waals surface area contributed by atoms with Crippen LogP contribution in [0.5, 0.6) is 11.6 Å². The summed E-state index contributed by atoms with van der Waals surface area (Å²) < 4.78 is 6.14. The highest BCUT2D eigenvalue weighted by molar-refractivity contribution is 5.66. The molecule has 1 aromatic carbocycles. The monoisotopic (exact) mass is 401 g/mol.